The molecule has 0 bridgehead atoms. The van der Waals surface area contributed by atoms with Gasteiger partial charge in [-0.25, -0.2) is 0 Å². The molecule has 1 fully saturated rings. The van der Waals surface area contributed by atoms with Crippen molar-refractivity contribution < 1.29 is 18.0 Å². The highest BCUT2D eigenvalue weighted by Gasteiger charge is 2.32. The number of nitrogens with zero attached hydrogens (tertiary/aromatic N) is 3. The molecule has 1 aromatic carbocycles. The predicted octanol–water partition coefficient (Wildman–Crippen LogP) is 4.48. The highest BCUT2D eigenvalue weighted by atomic mass is 19.4. The average molecular weight is 380 g/mol. The number of hydrogen-bond donors (Lipinski definition) is 1. The maximum absolute atomic E-state index is 13.2. The van der Waals surface area contributed by atoms with E-state index in [1.807, 2.05) is 0 Å². The van der Waals surface area contributed by atoms with Crippen LogP contribution in [0.4, 0.5) is 24.5 Å². The summed E-state index contributed by atoms with van der Waals surface area (Å²) in [5, 5.41) is 6.71. The van der Waals surface area contributed by atoms with Crippen molar-refractivity contribution in [3.8, 4) is 0 Å². The van der Waals surface area contributed by atoms with E-state index in [9.17, 15) is 18.0 Å². The molecule has 0 radical (unpaired) electrons. The molecule has 3 rings (SSSR count). The summed E-state index contributed by atoms with van der Waals surface area (Å²) in [4.78, 5) is 14.7. The molecule has 146 valence electrons. The van der Waals surface area contributed by atoms with E-state index < -0.39 is 23.7 Å². The fourth-order valence-corrected chi connectivity index (χ4v) is 3.27. The van der Waals surface area contributed by atoms with Gasteiger partial charge in [-0.05, 0) is 44.0 Å². The summed E-state index contributed by atoms with van der Waals surface area (Å²) in [6.07, 6.45) is 2.91. The topological polar surface area (TPSA) is 50.2 Å². The number of amides is 1. The van der Waals surface area contributed by atoms with Gasteiger partial charge in [-0.1, -0.05) is 12.8 Å². The van der Waals surface area contributed by atoms with Crippen LogP contribution in [0.1, 0.15) is 44.2 Å². The highest BCUT2D eigenvalue weighted by molar-refractivity contribution is 5.96. The highest BCUT2D eigenvalue weighted by Crippen LogP contribution is 2.36. The largest absolute Gasteiger partial charge is 0.416 e. The number of halogens is 3. The van der Waals surface area contributed by atoms with Crippen LogP contribution in [0.5, 0.6) is 0 Å². The number of anilines is 2. The number of carbonyl (C=O) groups excluding carboxylic acids is 1. The summed E-state index contributed by atoms with van der Waals surface area (Å²) in [6.45, 7) is 3.19. The zero-order valence-electron chi connectivity index (χ0n) is 15.2. The third-order valence-corrected chi connectivity index (χ3v) is 4.83. The van der Waals surface area contributed by atoms with Gasteiger partial charge >= 0.3 is 6.18 Å². The first-order chi connectivity index (χ1) is 12.9. The Balaban J connectivity index is 1.90. The van der Waals surface area contributed by atoms with Gasteiger partial charge in [0.2, 0.25) is 5.91 Å². The van der Waals surface area contributed by atoms with E-state index in [1.165, 1.54) is 10.7 Å². The molecule has 2 heterocycles. The molecule has 1 N–H and O–H groups in total. The Morgan fingerprint density at radius 3 is 2.48 bits per heavy atom. The van der Waals surface area contributed by atoms with Crippen LogP contribution in [0.25, 0.3) is 0 Å². The molecule has 1 atom stereocenters. The number of hydrogen-bond acceptors (Lipinski definition) is 3. The first-order valence-corrected chi connectivity index (χ1v) is 9.12. The Bertz CT molecular complexity index is 766. The first-order valence-electron chi connectivity index (χ1n) is 9.12. The molecular formula is C19H23F3N4O. The second-order valence-electron chi connectivity index (χ2n) is 6.78. The molecule has 0 saturated carbocycles. The first kappa shape index (κ1) is 19.3. The van der Waals surface area contributed by atoms with E-state index in [2.05, 4.69) is 15.3 Å². The predicted molar refractivity (Wildman–Crippen MR) is 97.7 cm³/mol. The number of carbonyl (C=O) groups is 1. The lowest BCUT2D eigenvalue weighted by atomic mass is 10.1. The lowest BCUT2D eigenvalue weighted by Gasteiger charge is -2.27. The van der Waals surface area contributed by atoms with E-state index in [-0.39, 0.29) is 5.69 Å². The molecule has 8 heteroatoms. The van der Waals surface area contributed by atoms with Crippen molar-refractivity contribution in [1.29, 1.82) is 0 Å². The standard InChI is InChI=1S/C19H23F3N4O/c1-14(26-12-6-9-23-26)18(27)24-16-13-15(19(20,21)22)7-8-17(16)25-10-4-2-3-5-11-25/h6-9,12-14H,2-5,10-11H2,1H3,(H,24,27). The van der Waals surface area contributed by atoms with Gasteiger partial charge in [0.1, 0.15) is 6.04 Å². The maximum Gasteiger partial charge on any atom is 0.416 e. The van der Waals surface area contributed by atoms with Crippen molar-refractivity contribution >= 4 is 17.3 Å². The fraction of sp³-hybridized carbons (Fsp3) is 0.474. The van der Waals surface area contributed by atoms with Crippen LogP contribution in [0.3, 0.4) is 0 Å². The maximum atomic E-state index is 13.2. The third-order valence-electron chi connectivity index (χ3n) is 4.83. The number of benzene rings is 1. The smallest absolute Gasteiger partial charge is 0.370 e. The number of rotatable bonds is 4. The van der Waals surface area contributed by atoms with E-state index >= 15 is 0 Å². The Labute approximate surface area is 156 Å². The monoisotopic (exact) mass is 380 g/mol. The summed E-state index contributed by atoms with van der Waals surface area (Å²) in [7, 11) is 0. The Morgan fingerprint density at radius 1 is 1.19 bits per heavy atom. The van der Waals surface area contributed by atoms with Gasteiger partial charge in [0.25, 0.3) is 0 Å². The molecule has 0 aliphatic carbocycles. The Hall–Kier alpha value is -2.51. The molecule has 1 unspecified atom stereocenters. The van der Waals surface area contributed by atoms with Gasteiger partial charge in [-0.3, -0.25) is 9.48 Å². The molecule has 1 aliphatic rings. The van der Waals surface area contributed by atoms with Crippen molar-refractivity contribution in [3.05, 3.63) is 42.2 Å². The van der Waals surface area contributed by atoms with Gasteiger partial charge in [-0.2, -0.15) is 18.3 Å². The summed E-state index contributed by atoms with van der Waals surface area (Å²) in [5.74, 6) is -0.408. The van der Waals surface area contributed by atoms with E-state index in [1.54, 1.807) is 25.4 Å². The second kappa shape index (κ2) is 8.02. The van der Waals surface area contributed by atoms with Crippen LogP contribution in [-0.2, 0) is 11.0 Å². The average Bonchev–Trinajstić information content (AvgIpc) is 3.03. The molecule has 1 amide bonds. The van der Waals surface area contributed by atoms with Crippen LogP contribution in [0.2, 0.25) is 0 Å². The number of alkyl halides is 3. The number of aromatic nitrogens is 2. The van der Waals surface area contributed by atoms with Crippen LogP contribution >= 0.6 is 0 Å². The van der Waals surface area contributed by atoms with Gasteiger partial charge in [0.15, 0.2) is 0 Å². The molecule has 2 aromatic rings. The second-order valence-corrected chi connectivity index (χ2v) is 6.78. The minimum absolute atomic E-state index is 0.190. The summed E-state index contributed by atoms with van der Waals surface area (Å²) in [6, 6.07) is 4.62. The Morgan fingerprint density at radius 2 is 1.89 bits per heavy atom. The van der Waals surface area contributed by atoms with Crippen LogP contribution in [0.15, 0.2) is 36.7 Å². The zero-order valence-corrected chi connectivity index (χ0v) is 15.2. The van der Waals surface area contributed by atoms with Gasteiger partial charge in [0, 0.05) is 25.5 Å². The molecular weight excluding hydrogens is 357 g/mol. The van der Waals surface area contributed by atoms with E-state index in [4.69, 9.17) is 0 Å². The van der Waals surface area contributed by atoms with Crippen molar-refractivity contribution in [3.63, 3.8) is 0 Å². The summed E-state index contributed by atoms with van der Waals surface area (Å²) < 4.78 is 41.0. The SMILES string of the molecule is CC(C(=O)Nc1cc(C(F)(F)F)ccc1N1CCCCCC1)n1cccn1. The summed E-state index contributed by atoms with van der Waals surface area (Å²) in [5.41, 5.74) is 0.0461. The normalized spacial score (nSPS) is 16.7. The molecule has 27 heavy (non-hydrogen) atoms. The van der Waals surface area contributed by atoms with E-state index in [0.717, 1.165) is 50.9 Å². The quantitative estimate of drug-likeness (QED) is 0.851. The van der Waals surface area contributed by atoms with Crippen LogP contribution < -0.4 is 10.2 Å². The molecule has 5 nitrogen and oxygen atoms in total. The van der Waals surface area contributed by atoms with Crippen LogP contribution in [0, 0.1) is 0 Å². The lowest BCUT2D eigenvalue weighted by Crippen LogP contribution is -2.28. The van der Waals surface area contributed by atoms with Crippen molar-refractivity contribution in [2.24, 2.45) is 0 Å². The third kappa shape index (κ3) is 4.61. The molecule has 0 spiro atoms. The summed E-state index contributed by atoms with van der Waals surface area (Å²) >= 11 is 0. The number of nitrogens with one attached hydrogen (secondary N) is 1. The van der Waals surface area contributed by atoms with Crippen molar-refractivity contribution in [2.75, 3.05) is 23.3 Å². The van der Waals surface area contributed by atoms with E-state index in [0.29, 0.717) is 5.69 Å². The van der Waals surface area contributed by atoms with Crippen molar-refractivity contribution in [1.82, 2.24) is 9.78 Å². The van der Waals surface area contributed by atoms with Crippen molar-refractivity contribution in [2.45, 2.75) is 44.8 Å². The molecule has 1 saturated heterocycles. The lowest BCUT2D eigenvalue weighted by molar-refractivity contribution is -0.137. The zero-order chi connectivity index (χ0) is 19.4. The Kier molecular flexibility index (Phi) is 5.72. The van der Waals surface area contributed by atoms with Gasteiger partial charge < -0.3 is 10.2 Å². The fourth-order valence-electron chi connectivity index (χ4n) is 3.27. The van der Waals surface area contributed by atoms with Crippen LogP contribution in [-0.4, -0.2) is 28.8 Å². The molecule has 1 aliphatic heterocycles. The molecule has 1 aromatic heterocycles. The minimum atomic E-state index is -4.47. The van der Waals surface area contributed by atoms with Gasteiger partial charge in [0.05, 0.1) is 16.9 Å². The minimum Gasteiger partial charge on any atom is -0.370 e. The van der Waals surface area contributed by atoms with Gasteiger partial charge in [-0.15, -0.1) is 0 Å².